The number of aromatic nitrogens is 2. The van der Waals surface area contributed by atoms with E-state index < -0.39 is 0 Å². The molecule has 17 heavy (non-hydrogen) atoms. The molecule has 0 radical (unpaired) electrons. The molecular formula is C12H22N4O. The summed E-state index contributed by atoms with van der Waals surface area (Å²) in [4.78, 5) is 15.7. The highest BCUT2D eigenvalue weighted by atomic mass is 16.1. The zero-order valence-electron chi connectivity index (χ0n) is 10.6. The first-order valence-electron chi connectivity index (χ1n) is 6.06. The predicted octanol–water partition coefficient (Wildman–Crippen LogP) is 0.801. The van der Waals surface area contributed by atoms with Crippen molar-refractivity contribution in [2.75, 3.05) is 6.54 Å². The Morgan fingerprint density at radius 2 is 2.35 bits per heavy atom. The molecule has 1 heterocycles. The number of hydrogen-bond donors (Lipinski definition) is 2. The summed E-state index contributed by atoms with van der Waals surface area (Å²) in [6.45, 7) is 3.31. The second kappa shape index (κ2) is 7.06. The van der Waals surface area contributed by atoms with Crippen LogP contribution in [0.15, 0.2) is 12.4 Å². The molecule has 1 unspecified atom stereocenters. The molecule has 5 heteroatoms. The molecule has 1 aromatic heterocycles. The van der Waals surface area contributed by atoms with E-state index in [2.05, 4.69) is 17.2 Å². The number of rotatable bonds is 7. The van der Waals surface area contributed by atoms with Gasteiger partial charge in [0, 0.05) is 25.9 Å². The van der Waals surface area contributed by atoms with Crippen LogP contribution in [0.2, 0.25) is 0 Å². The number of carbonyl (C=O) groups excluding carboxylic acids is 1. The maximum absolute atomic E-state index is 11.6. The molecule has 0 aliphatic carbocycles. The minimum Gasteiger partial charge on any atom is -0.349 e. The molecule has 0 saturated carbocycles. The third-order valence-electron chi connectivity index (χ3n) is 2.89. The molecule has 5 nitrogen and oxygen atoms in total. The Morgan fingerprint density at radius 3 is 2.94 bits per heavy atom. The molecule has 3 N–H and O–H groups in total. The van der Waals surface area contributed by atoms with Crippen molar-refractivity contribution in [2.45, 2.75) is 32.7 Å². The van der Waals surface area contributed by atoms with Gasteiger partial charge in [-0.25, -0.2) is 4.98 Å². The normalized spacial score (nSPS) is 12.4. The Kier molecular flexibility index (Phi) is 5.69. The van der Waals surface area contributed by atoms with E-state index in [1.165, 1.54) is 0 Å². The highest BCUT2D eigenvalue weighted by molar-refractivity contribution is 5.75. The van der Waals surface area contributed by atoms with E-state index in [9.17, 15) is 4.79 Å². The van der Waals surface area contributed by atoms with Crippen LogP contribution in [0.4, 0.5) is 0 Å². The molecule has 0 aliphatic rings. The van der Waals surface area contributed by atoms with Gasteiger partial charge in [0.25, 0.3) is 0 Å². The van der Waals surface area contributed by atoms with Gasteiger partial charge in [-0.1, -0.05) is 6.92 Å². The van der Waals surface area contributed by atoms with Crippen LogP contribution in [0.1, 0.15) is 32.0 Å². The van der Waals surface area contributed by atoms with Gasteiger partial charge in [-0.05, 0) is 25.3 Å². The van der Waals surface area contributed by atoms with Gasteiger partial charge in [-0.3, -0.25) is 4.79 Å². The third kappa shape index (κ3) is 4.99. The van der Waals surface area contributed by atoms with Gasteiger partial charge in [0.05, 0.1) is 6.54 Å². The van der Waals surface area contributed by atoms with Crippen LogP contribution in [-0.2, 0) is 18.4 Å². The molecule has 0 bridgehead atoms. The number of nitrogens with two attached hydrogens (primary N) is 1. The van der Waals surface area contributed by atoms with Crippen LogP contribution in [-0.4, -0.2) is 22.0 Å². The first-order chi connectivity index (χ1) is 8.13. The van der Waals surface area contributed by atoms with Crippen LogP contribution in [0.5, 0.6) is 0 Å². The molecule has 0 spiro atoms. The lowest BCUT2D eigenvalue weighted by atomic mass is 10.0. The van der Waals surface area contributed by atoms with Gasteiger partial charge < -0.3 is 15.6 Å². The molecule has 0 fully saturated rings. The van der Waals surface area contributed by atoms with Gasteiger partial charge in [-0.2, -0.15) is 0 Å². The summed E-state index contributed by atoms with van der Waals surface area (Å²) >= 11 is 0. The van der Waals surface area contributed by atoms with Gasteiger partial charge in [0.15, 0.2) is 0 Å². The Morgan fingerprint density at radius 1 is 1.59 bits per heavy atom. The number of nitrogens with zero attached hydrogens (tertiary/aromatic N) is 2. The number of carbonyl (C=O) groups is 1. The minimum atomic E-state index is 0.0804. The van der Waals surface area contributed by atoms with Crippen LogP contribution < -0.4 is 11.1 Å². The van der Waals surface area contributed by atoms with Gasteiger partial charge >= 0.3 is 0 Å². The Hall–Kier alpha value is -1.36. The molecule has 1 rings (SSSR count). The van der Waals surface area contributed by atoms with Crippen molar-refractivity contribution in [3.8, 4) is 0 Å². The molecule has 0 aliphatic heterocycles. The quantitative estimate of drug-likeness (QED) is 0.738. The molecule has 1 amide bonds. The fraction of sp³-hybridized carbons (Fsp3) is 0.667. The topological polar surface area (TPSA) is 72.9 Å². The second-order valence-corrected chi connectivity index (χ2v) is 4.45. The van der Waals surface area contributed by atoms with E-state index in [1.807, 2.05) is 17.8 Å². The van der Waals surface area contributed by atoms with Crippen molar-refractivity contribution in [1.82, 2.24) is 14.9 Å². The summed E-state index contributed by atoms with van der Waals surface area (Å²) in [5.74, 6) is 1.46. The summed E-state index contributed by atoms with van der Waals surface area (Å²) in [5, 5.41) is 2.87. The highest BCUT2D eigenvalue weighted by Gasteiger charge is 2.07. The molecule has 0 aromatic carbocycles. The van der Waals surface area contributed by atoms with E-state index >= 15 is 0 Å². The number of amides is 1. The molecule has 1 atom stereocenters. The van der Waals surface area contributed by atoms with E-state index in [0.29, 0.717) is 25.4 Å². The third-order valence-corrected chi connectivity index (χ3v) is 2.89. The molecule has 1 aromatic rings. The lowest BCUT2D eigenvalue weighted by Crippen LogP contribution is -2.24. The van der Waals surface area contributed by atoms with Crippen molar-refractivity contribution in [3.05, 3.63) is 18.2 Å². The average molecular weight is 238 g/mol. The first-order valence-corrected chi connectivity index (χ1v) is 6.06. The van der Waals surface area contributed by atoms with Crippen molar-refractivity contribution in [2.24, 2.45) is 18.7 Å². The predicted molar refractivity (Wildman–Crippen MR) is 67.1 cm³/mol. The summed E-state index contributed by atoms with van der Waals surface area (Å²) in [7, 11) is 1.91. The van der Waals surface area contributed by atoms with E-state index in [0.717, 1.165) is 18.7 Å². The average Bonchev–Trinajstić information content (AvgIpc) is 2.70. The van der Waals surface area contributed by atoms with Crippen molar-refractivity contribution in [3.63, 3.8) is 0 Å². The molecule has 0 saturated heterocycles. The zero-order valence-corrected chi connectivity index (χ0v) is 10.6. The minimum absolute atomic E-state index is 0.0804. The molecular weight excluding hydrogens is 216 g/mol. The fourth-order valence-electron chi connectivity index (χ4n) is 1.64. The van der Waals surface area contributed by atoms with Crippen molar-refractivity contribution < 1.29 is 4.79 Å². The van der Waals surface area contributed by atoms with Crippen molar-refractivity contribution >= 4 is 5.91 Å². The maximum atomic E-state index is 11.6. The van der Waals surface area contributed by atoms with Crippen LogP contribution in [0.3, 0.4) is 0 Å². The van der Waals surface area contributed by atoms with E-state index in [-0.39, 0.29) is 5.91 Å². The van der Waals surface area contributed by atoms with Crippen LogP contribution >= 0.6 is 0 Å². The summed E-state index contributed by atoms with van der Waals surface area (Å²) in [5.41, 5.74) is 5.46. The van der Waals surface area contributed by atoms with E-state index in [1.54, 1.807) is 6.20 Å². The summed E-state index contributed by atoms with van der Waals surface area (Å²) < 4.78 is 1.90. The number of imidazole rings is 1. The highest BCUT2D eigenvalue weighted by Crippen LogP contribution is 2.08. The first kappa shape index (κ1) is 13.7. The Labute approximate surface area is 102 Å². The standard InChI is InChI=1S/C12H22N4O/c1-10(5-6-13)3-4-12(17)15-9-11-14-7-8-16(11)2/h7-8,10H,3-6,9,13H2,1-2H3,(H,15,17). The molecule has 96 valence electrons. The van der Waals surface area contributed by atoms with Gasteiger partial charge in [-0.15, -0.1) is 0 Å². The fourth-order valence-corrected chi connectivity index (χ4v) is 1.64. The van der Waals surface area contributed by atoms with E-state index in [4.69, 9.17) is 5.73 Å². The lowest BCUT2D eigenvalue weighted by molar-refractivity contribution is -0.121. The number of nitrogens with one attached hydrogen (secondary N) is 1. The van der Waals surface area contributed by atoms with Crippen LogP contribution in [0.25, 0.3) is 0 Å². The van der Waals surface area contributed by atoms with Gasteiger partial charge in [0.2, 0.25) is 5.91 Å². The van der Waals surface area contributed by atoms with Crippen LogP contribution in [0, 0.1) is 5.92 Å². The Bertz CT molecular complexity index is 348. The summed E-state index contributed by atoms with van der Waals surface area (Å²) in [6.07, 6.45) is 6.03. The SMILES string of the molecule is CC(CCN)CCC(=O)NCc1nccn1C. The number of aryl methyl sites for hydroxylation is 1. The number of hydrogen-bond acceptors (Lipinski definition) is 3. The smallest absolute Gasteiger partial charge is 0.220 e. The largest absolute Gasteiger partial charge is 0.349 e. The van der Waals surface area contributed by atoms with Crippen molar-refractivity contribution in [1.29, 1.82) is 0 Å². The second-order valence-electron chi connectivity index (χ2n) is 4.45. The summed E-state index contributed by atoms with van der Waals surface area (Å²) in [6, 6.07) is 0. The lowest BCUT2D eigenvalue weighted by Gasteiger charge is -2.09. The zero-order chi connectivity index (χ0) is 12.7. The Balaban J connectivity index is 2.20. The van der Waals surface area contributed by atoms with Gasteiger partial charge in [0.1, 0.15) is 5.82 Å². The monoisotopic (exact) mass is 238 g/mol. The maximum Gasteiger partial charge on any atom is 0.220 e.